The van der Waals surface area contributed by atoms with E-state index < -0.39 is 0 Å². The van der Waals surface area contributed by atoms with Gasteiger partial charge in [-0.15, -0.1) is 11.3 Å². The van der Waals surface area contributed by atoms with Gasteiger partial charge in [0.1, 0.15) is 0 Å². The second kappa shape index (κ2) is 5.94. The first-order valence-corrected chi connectivity index (χ1v) is 8.62. The van der Waals surface area contributed by atoms with E-state index in [9.17, 15) is 0 Å². The molecular formula is C16H26N2S. The van der Waals surface area contributed by atoms with Crippen LogP contribution < -0.4 is 5.32 Å². The van der Waals surface area contributed by atoms with Gasteiger partial charge in [0.05, 0.1) is 0 Å². The van der Waals surface area contributed by atoms with E-state index in [1.165, 1.54) is 45.2 Å². The van der Waals surface area contributed by atoms with Crippen LogP contribution in [0.2, 0.25) is 0 Å². The van der Waals surface area contributed by atoms with Gasteiger partial charge in [0.25, 0.3) is 0 Å². The lowest BCUT2D eigenvalue weighted by atomic mass is 10.0. The summed E-state index contributed by atoms with van der Waals surface area (Å²) in [6.07, 6.45) is 6.64. The van der Waals surface area contributed by atoms with Crippen molar-refractivity contribution in [3.63, 3.8) is 0 Å². The van der Waals surface area contributed by atoms with Crippen molar-refractivity contribution in [2.75, 3.05) is 13.1 Å². The lowest BCUT2D eigenvalue weighted by molar-refractivity contribution is 0.161. The largest absolute Gasteiger partial charge is 0.309 e. The Morgan fingerprint density at radius 3 is 2.79 bits per heavy atom. The molecule has 1 N–H and O–H groups in total. The fourth-order valence-corrected chi connectivity index (χ4v) is 4.55. The van der Waals surface area contributed by atoms with Crippen molar-refractivity contribution in [2.45, 2.75) is 64.6 Å². The van der Waals surface area contributed by atoms with E-state index in [1.54, 1.807) is 15.3 Å². The molecule has 0 saturated carbocycles. The highest BCUT2D eigenvalue weighted by atomic mass is 32.1. The summed E-state index contributed by atoms with van der Waals surface area (Å²) in [6, 6.07) is 3.89. The molecule has 106 valence electrons. The maximum absolute atomic E-state index is 3.77. The molecule has 3 rings (SSSR count). The topological polar surface area (TPSA) is 15.3 Å². The zero-order valence-electron chi connectivity index (χ0n) is 12.2. The molecule has 1 aliphatic heterocycles. The van der Waals surface area contributed by atoms with Crippen LogP contribution in [-0.2, 0) is 19.4 Å². The molecule has 1 aliphatic carbocycles. The molecule has 2 heterocycles. The molecule has 19 heavy (non-hydrogen) atoms. The van der Waals surface area contributed by atoms with E-state index in [0.29, 0.717) is 6.04 Å². The number of fused-ring (bicyclic) bond motifs is 1. The van der Waals surface area contributed by atoms with Crippen LogP contribution in [0.5, 0.6) is 0 Å². The predicted octanol–water partition coefficient (Wildman–Crippen LogP) is 3.20. The van der Waals surface area contributed by atoms with Gasteiger partial charge in [0, 0.05) is 28.4 Å². The monoisotopic (exact) mass is 278 g/mol. The SMILES string of the molecule is CC(C)N1CCC(NCc2cc3c(s2)CCC3)CC1. The highest BCUT2D eigenvalue weighted by molar-refractivity contribution is 7.12. The first-order valence-electron chi connectivity index (χ1n) is 7.80. The third kappa shape index (κ3) is 3.21. The fourth-order valence-electron chi connectivity index (χ4n) is 3.34. The number of nitrogens with one attached hydrogen (secondary N) is 1. The van der Waals surface area contributed by atoms with Crippen molar-refractivity contribution in [1.29, 1.82) is 0 Å². The summed E-state index contributed by atoms with van der Waals surface area (Å²) in [5.74, 6) is 0. The van der Waals surface area contributed by atoms with Crippen LogP contribution in [-0.4, -0.2) is 30.1 Å². The molecule has 1 aromatic rings. The molecule has 0 amide bonds. The zero-order chi connectivity index (χ0) is 13.2. The molecule has 0 radical (unpaired) electrons. The van der Waals surface area contributed by atoms with Gasteiger partial charge in [-0.1, -0.05) is 0 Å². The van der Waals surface area contributed by atoms with Crippen molar-refractivity contribution in [3.8, 4) is 0 Å². The van der Waals surface area contributed by atoms with Crippen LogP contribution in [0.15, 0.2) is 6.07 Å². The molecule has 1 fully saturated rings. The van der Waals surface area contributed by atoms with Gasteiger partial charge in [-0.25, -0.2) is 0 Å². The minimum absolute atomic E-state index is 0.709. The molecule has 0 bridgehead atoms. The van der Waals surface area contributed by atoms with Gasteiger partial charge < -0.3 is 10.2 Å². The Labute approximate surface area is 121 Å². The first kappa shape index (κ1) is 13.6. The number of piperidine rings is 1. The Balaban J connectivity index is 1.45. The smallest absolute Gasteiger partial charge is 0.0302 e. The average Bonchev–Trinajstić information content (AvgIpc) is 2.97. The second-order valence-corrected chi connectivity index (χ2v) is 7.52. The summed E-state index contributed by atoms with van der Waals surface area (Å²) in [7, 11) is 0. The lowest BCUT2D eigenvalue weighted by Crippen LogP contribution is -2.44. The van der Waals surface area contributed by atoms with Crippen LogP contribution >= 0.6 is 11.3 Å². The van der Waals surface area contributed by atoms with Crippen LogP contribution in [0, 0.1) is 0 Å². The standard InChI is InChI=1S/C16H26N2S/c1-12(2)18-8-6-14(7-9-18)17-11-15-10-13-4-3-5-16(13)19-15/h10,12,14,17H,3-9,11H2,1-2H3. The van der Waals surface area contributed by atoms with Crippen molar-refractivity contribution in [1.82, 2.24) is 10.2 Å². The second-order valence-electron chi connectivity index (χ2n) is 6.30. The van der Waals surface area contributed by atoms with Crippen LogP contribution in [0.3, 0.4) is 0 Å². The Morgan fingerprint density at radius 1 is 1.32 bits per heavy atom. The van der Waals surface area contributed by atoms with Gasteiger partial charge in [-0.05, 0) is 70.7 Å². The van der Waals surface area contributed by atoms with E-state index >= 15 is 0 Å². The number of nitrogens with zero attached hydrogens (tertiary/aromatic N) is 1. The van der Waals surface area contributed by atoms with E-state index in [0.717, 1.165) is 12.6 Å². The van der Waals surface area contributed by atoms with Gasteiger partial charge in [0.2, 0.25) is 0 Å². The molecular weight excluding hydrogens is 252 g/mol. The number of likely N-dealkylation sites (tertiary alicyclic amines) is 1. The summed E-state index contributed by atoms with van der Waals surface area (Å²) >= 11 is 2.04. The van der Waals surface area contributed by atoms with Gasteiger partial charge in [0.15, 0.2) is 0 Å². The maximum Gasteiger partial charge on any atom is 0.0302 e. The van der Waals surface area contributed by atoms with Crippen molar-refractivity contribution >= 4 is 11.3 Å². The quantitative estimate of drug-likeness (QED) is 0.910. The van der Waals surface area contributed by atoms with Crippen LogP contribution in [0.4, 0.5) is 0 Å². The lowest BCUT2D eigenvalue weighted by Gasteiger charge is -2.34. The molecule has 3 heteroatoms. The minimum Gasteiger partial charge on any atom is -0.309 e. The maximum atomic E-state index is 3.77. The predicted molar refractivity (Wildman–Crippen MR) is 82.9 cm³/mol. The van der Waals surface area contributed by atoms with Crippen molar-refractivity contribution in [2.24, 2.45) is 0 Å². The molecule has 0 atom stereocenters. The van der Waals surface area contributed by atoms with Crippen LogP contribution in [0.25, 0.3) is 0 Å². The highest BCUT2D eigenvalue weighted by Gasteiger charge is 2.21. The molecule has 2 aliphatic rings. The van der Waals surface area contributed by atoms with E-state index in [-0.39, 0.29) is 0 Å². The number of aryl methyl sites for hydroxylation is 2. The van der Waals surface area contributed by atoms with E-state index in [4.69, 9.17) is 0 Å². The molecule has 1 aromatic heterocycles. The number of hydrogen-bond acceptors (Lipinski definition) is 3. The van der Waals surface area contributed by atoms with Crippen LogP contribution in [0.1, 0.15) is 48.4 Å². The minimum atomic E-state index is 0.709. The normalized spacial score (nSPS) is 21.2. The zero-order valence-corrected chi connectivity index (χ0v) is 13.1. The summed E-state index contributed by atoms with van der Waals surface area (Å²) < 4.78 is 0. The Bertz CT molecular complexity index is 395. The molecule has 1 saturated heterocycles. The van der Waals surface area contributed by atoms with Gasteiger partial charge in [-0.2, -0.15) is 0 Å². The van der Waals surface area contributed by atoms with Crippen molar-refractivity contribution < 1.29 is 0 Å². The molecule has 0 spiro atoms. The summed E-state index contributed by atoms with van der Waals surface area (Å²) in [6.45, 7) is 8.22. The Hall–Kier alpha value is -0.380. The van der Waals surface area contributed by atoms with E-state index in [1.807, 2.05) is 11.3 Å². The fraction of sp³-hybridized carbons (Fsp3) is 0.750. The molecule has 2 nitrogen and oxygen atoms in total. The third-order valence-corrected chi connectivity index (χ3v) is 5.86. The van der Waals surface area contributed by atoms with E-state index in [2.05, 4.69) is 30.1 Å². The third-order valence-electron chi connectivity index (χ3n) is 4.62. The summed E-state index contributed by atoms with van der Waals surface area (Å²) in [4.78, 5) is 5.81. The Morgan fingerprint density at radius 2 is 2.11 bits per heavy atom. The van der Waals surface area contributed by atoms with Gasteiger partial charge in [-0.3, -0.25) is 0 Å². The Kier molecular flexibility index (Phi) is 4.25. The first-order chi connectivity index (χ1) is 9.22. The summed E-state index contributed by atoms with van der Waals surface area (Å²) in [5.41, 5.74) is 1.64. The molecule has 0 aromatic carbocycles. The number of hydrogen-bond donors (Lipinski definition) is 1. The average molecular weight is 278 g/mol. The highest BCUT2D eigenvalue weighted by Crippen LogP contribution is 2.30. The molecule has 0 unspecified atom stereocenters. The van der Waals surface area contributed by atoms with Gasteiger partial charge >= 0.3 is 0 Å². The summed E-state index contributed by atoms with van der Waals surface area (Å²) in [5, 5.41) is 3.77. The number of rotatable bonds is 4. The number of thiophene rings is 1. The van der Waals surface area contributed by atoms with Crippen molar-refractivity contribution in [3.05, 3.63) is 21.4 Å².